The van der Waals surface area contributed by atoms with E-state index in [4.69, 9.17) is 16.3 Å². The molecule has 0 radical (unpaired) electrons. The van der Waals surface area contributed by atoms with E-state index in [1.807, 2.05) is 25.1 Å². The van der Waals surface area contributed by atoms with Gasteiger partial charge in [-0.2, -0.15) is 4.31 Å². The second-order valence-electron chi connectivity index (χ2n) is 7.95. The van der Waals surface area contributed by atoms with Gasteiger partial charge in [-0.05, 0) is 30.7 Å². The molecule has 0 saturated carbocycles. The molecular weight excluding hydrogens is 474 g/mol. The number of piperazine rings is 1. The van der Waals surface area contributed by atoms with Crippen LogP contribution in [0.15, 0.2) is 59.5 Å². The molecule has 0 unspecified atom stereocenters. The van der Waals surface area contributed by atoms with Gasteiger partial charge in [0.2, 0.25) is 15.9 Å². The summed E-state index contributed by atoms with van der Waals surface area (Å²) in [6.45, 7) is 7.42. The molecule has 0 N–H and O–H groups in total. The molecule has 2 aromatic carbocycles. The van der Waals surface area contributed by atoms with Gasteiger partial charge in [0.15, 0.2) is 0 Å². The van der Waals surface area contributed by atoms with Gasteiger partial charge in [0.05, 0.1) is 23.1 Å². The summed E-state index contributed by atoms with van der Waals surface area (Å²) >= 11 is 6.18. The molecule has 184 valence electrons. The first-order chi connectivity index (χ1) is 16.3. The van der Waals surface area contributed by atoms with Gasteiger partial charge >= 0.3 is 0 Å². The number of benzene rings is 2. The van der Waals surface area contributed by atoms with Crippen molar-refractivity contribution >= 4 is 33.6 Å². The Bertz CT molecular complexity index is 1080. The van der Waals surface area contributed by atoms with E-state index < -0.39 is 10.0 Å². The van der Waals surface area contributed by atoms with E-state index in [0.29, 0.717) is 25.4 Å². The molecule has 1 saturated heterocycles. The van der Waals surface area contributed by atoms with Crippen molar-refractivity contribution in [3.05, 3.63) is 65.2 Å². The summed E-state index contributed by atoms with van der Waals surface area (Å²) in [5.74, 6) is 0.237. The van der Waals surface area contributed by atoms with Crippen LogP contribution in [0.4, 0.5) is 0 Å². The molecule has 1 heterocycles. The molecule has 9 heteroatoms. The van der Waals surface area contributed by atoms with Crippen LogP contribution in [0.3, 0.4) is 0 Å². The molecule has 1 amide bonds. The fourth-order valence-corrected chi connectivity index (χ4v) is 5.49. The lowest BCUT2D eigenvalue weighted by atomic mass is 10.2. The van der Waals surface area contributed by atoms with E-state index in [-0.39, 0.29) is 28.9 Å². The zero-order valence-electron chi connectivity index (χ0n) is 19.7. The van der Waals surface area contributed by atoms with E-state index in [1.54, 1.807) is 17.9 Å². The normalized spacial score (nSPS) is 15.2. The molecule has 0 atom stereocenters. The number of halogens is 1. The van der Waals surface area contributed by atoms with Crippen molar-refractivity contribution < 1.29 is 17.9 Å². The number of likely N-dealkylation sites (N-methyl/N-ethyl adjacent to an activating group) is 1. The summed E-state index contributed by atoms with van der Waals surface area (Å²) in [4.78, 5) is 17.0. The molecule has 0 spiro atoms. The summed E-state index contributed by atoms with van der Waals surface area (Å²) < 4.78 is 32.8. The third kappa shape index (κ3) is 6.82. The minimum atomic E-state index is -3.86. The summed E-state index contributed by atoms with van der Waals surface area (Å²) in [6, 6.07) is 14.5. The van der Waals surface area contributed by atoms with Gasteiger partial charge in [0.1, 0.15) is 5.75 Å². The molecular formula is C25H32ClN3O4S. The number of hydrogen-bond donors (Lipinski definition) is 0. The molecule has 3 rings (SSSR count). The predicted molar refractivity (Wildman–Crippen MR) is 136 cm³/mol. The van der Waals surface area contributed by atoms with Gasteiger partial charge in [0.25, 0.3) is 0 Å². The number of carbonyl (C=O) groups is 1. The Morgan fingerprint density at radius 2 is 1.79 bits per heavy atom. The van der Waals surface area contributed by atoms with Gasteiger partial charge in [-0.3, -0.25) is 9.69 Å². The summed E-state index contributed by atoms with van der Waals surface area (Å²) in [6.07, 6.45) is 4.22. The summed E-state index contributed by atoms with van der Waals surface area (Å²) in [5, 5.41) is 0.225. The lowest BCUT2D eigenvalue weighted by Gasteiger charge is -2.35. The second-order valence-corrected chi connectivity index (χ2v) is 10.3. The fraction of sp³-hybridized carbons (Fsp3) is 0.400. The minimum absolute atomic E-state index is 0.0469. The second kappa shape index (κ2) is 12.4. The SMILES string of the molecule is CCOc1ccc(S(=O)(=O)N(CC)CC(=O)N2CCN(C/C=C/c3ccccc3)CC2)cc1Cl. The molecule has 1 fully saturated rings. The van der Waals surface area contributed by atoms with Gasteiger partial charge in [0, 0.05) is 39.3 Å². The maximum Gasteiger partial charge on any atom is 0.243 e. The van der Waals surface area contributed by atoms with Crippen molar-refractivity contribution in [2.24, 2.45) is 0 Å². The molecule has 0 aromatic heterocycles. The maximum absolute atomic E-state index is 13.1. The van der Waals surface area contributed by atoms with Crippen LogP contribution in [0.1, 0.15) is 19.4 Å². The van der Waals surface area contributed by atoms with Crippen LogP contribution in [-0.4, -0.2) is 80.9 Å². The molecule has 2 aromatic rings. The average molecular weight is 506 g/mol. The number of sulfonamides is 1. The van der Waals surface area contributed by atoms with Crippen molar-refractivity contribution in [1.82, 2.24) is 14.1 Å². The van der Waals surface area contributed by atoms with Gasteiger partial charge in [-0.15, -0.1) is 0 Å². The molecule has 1 aliphatic rings. The highest BCUT2D eigenvalue weighted by Gasteiger charge is 2.29. The summed E-state index contributed by atoms with van der Waals surface area (Å²) in [5.41, 5.74) is 1.16. The zero-order valence-corrected chi connectivity index (χ0v) is 21.3. The molecule has 1 aliphatic heterocycles. The predicted octanol–water partition coefficient (Wildman–Crippen LogP) is 3.61. The third-order valence-corrected chi connectivity index (χ3v) is 7.92. The van der Waals surface area contributed by atoms with E-state index in [1.165, 1.54) is 16.4 Å². The Hall–Kier alpha value is -2.39. The van der Waals surface area contributed by atoms with Crippen molar-refractivity contribution in [2.45, 2.75) is 18.7 Å². The van der Waals surface area contributed by atoms with Crippen LogP contribution in [0.5, 0.6) is 5.75 Å². The average Bonchev–Trinajstić information content (AvgIpc) is 2.84. The first kappa shape index (κ1) is 26.2. The van der Waals surface area contributed by atoms with Crippen LogP contribution >= 0.6 is 11.6 Å². The number of rotatable bonds is 10. The van der Waals surface area contributed by atoms with E-state index in [2.05, 4.69) is 29.2 Å². The number of hydrogen-bond acceptors (Lipinski definition) is 5. The Balaban J connectivity index is 1.55. The number of nitrogens with zero attached hydrogens (tertiary/aromatic N) is 3. The number of ether oxygens (including phenoxy) is 1. The highest BCUT2D eigenvalue weighted by Crippen LogP contribution is 2.28. The Morgan fingerprint density at radius 3 is 2.41 bits per heavy atom. The Kier molecular flexibility index (Phi) is 9.53. The zero-order chi connectivity index (χ0) is 24.6. The van der Waals surface area contributed by atoms with Crippen LogP contribution in [0.2, 0.25) is 5.02 Å². The molecule has 34 heavy (non-hydrogen) atoms. The van der Waals surface area contributed by atoms with Crippen molar-refractivity contribution in [2.75, 3.05) is 52.4 Å². The van der Waals surface area contributed by atoms with E-state index in [0.717, 1.165) is 25.2 Å². The van der Waals surface area contributed by atoms with Crippen LogP contribution in [0, 0.1) is 0 Å². The standard InChI is InChI=1S/C25H32ClN3O4S/c1-3-29(34(31,32)22-12-13-24(33-4-2)23(26)19-22)20-25(30)28-17-15-27(16-18-28)14-8-11-21-9-6-5-7-10-21/h5-13,19H,3-4,14-18,20H2,1-2H3/b11-8+. The third-order valence-electron chi connectivity index (χ3n) is 5.70. The van der Waals surface area contributed by atoms with Crippen LogP contribution in [-0.2, 0) is 14.8 Å². The maximum atomic E-state index is 13.1. The number of amides is 1. The lowest BCUT2D eigenvalue weighted by Crippen LogP contribution is -2.51. The fourth-order valence-electron chi connectivity index (χ4n) is 3.76. The van der Waals surface area contributed by atoms with Crippen molar-refractivity contribution in [3.63, 3.8) is 0 Å². The van der Waals surface area contributed by atoms with Crippen LogP contribution in [0.25, 0.3) is 6.08 Å². The van der Waals surface area contributed by atoms with Gasteiger partial charge in [-0.1, -0.05) is 61.0 Å². The number of carbonyl (C=O) groups excluding carboxylic acids is 1. The largest absolute Gasteiger partial charge is 0.492 e. The monoisotopic (exact) mass is 505 g/mol. The van der Waals surface area contributed by atoms with E-state index in [9.17, 15) is 13.2 Å². The Morgan fingerprint density at radius 1 is 1.09 bits per heavy atom. The summed E-state index contributed by atoms with van der Waals surface area (Å²) in [7, 11) is -3.86. The molecule has 7 nitrogen and oxygen atoms in total. The highest BCUT2D eigenvalue weighted by atomic mass is 35.5. The first-order valence-electron chi connectivity index (χ1n) is 11.5. The van der Waals surface area contributed by atoms with Crippen molar-refractivity contribution in [1.29, 1.82) is 0 Å². The Labute approximate surface area is 207 Å². The van der Waals surface area contributed by atoms with Gasteiger partial charge in [-0.25, -0.2) is 8.42 Å². The van der Waals surface area contributed by atoms with Crippen molar-refractivity contribution in [3.8, 4) is 5.75 Å². The highest BCUT2D eigenvalue weighted by molar-refractivity contribution is 7.89. The lowest BCUT2D eigenvalue weighted by molar-refractivity contribution is -0.133. The topological polar surface area (TPSA) is 70.2 Å². The smallest absolute Gasteiger partial charge is 0.243 e. The van der Waals surface area contributed by atoms with Crippen LogP contribution < -0.4 is 4.74 Å². The molecule has 0 bridgehead atoms. The quantitative estimate of drug-likeness (QED) is 0.493. The van der Waals surface area contributed by atoms with Gasteiger partial charge < -0.3 is 9.64 Å². The molecule has 0 aliphatic carbocycles. The first-order valence-corrected chi connectivity index (χ1v) is 13.3. The minimum Gasteiger partial charge on any atom is -0.492 e. The van der Waals surface area contributed by atoms with E-state index >= 15 is 0 Å².